The maximum absolute atomic E-state index is 14.3. The van der Waals surface area contributed by atoms with E-state index in [4.69, 9.17) is 0 Å². The summed E-state index contributed by atoms with van der Waals surface area (Å²) in [6.07, 6.45) is 3.35. The highest BCUT2D eigenvalue weighted by Gasteiger charge is 2.44. The van der Waals surface area contributed by atoms with Gasteiger partial charge in [0.1, 0.15) is 5.82 Å². The van der Waals surface area contributed by atoms with Gasteiger partial charge >= 0.3 is 0 Å². The summed E-state index contributed by atoms with van der Waals surface area (Å²) < 4.78 is 41.5. The number of alkyl halides is 2. The van der Waals surface area contributed by atoms with Crippen LogP contribution in [-0.4, -0.2) is 44.8 Å². The van der Waals surface area contributed by atoms with Crippen molar-refractivity contribution in [3.05, 3.63) is 35.1 Å². The van der Waals surface area contributed by atoms with Gasteiger partial charge in [0, 0.05) is 56.4 Å². The summed E-state index contributed by atoms with van der Waals surface area (Å²) in [4.78, 5) is 25.5. The summed E-state index contributed by atoms with van der Waals surface area (Å²) in [5.41, 5.74) is 0. The third-order valence-electron chi connectivity index (χ3n) is 4.16. The van der Waals surface area contributed by atoms with Gasteiger partial charge < -0.3 is 5.32 Å². The number of nitrogens with zero attached hydrogens (tertiary/aromatic N) is 4. The van der Waals surface area contributed by atoms with Crippen LogP contribution < -0.4 is 5.32 Å². The van der Waals surface area contributed by atoms with Gasteiger partial charge in [-0.25, -0.2) is 28.1 Å². The van der Waals surface area contributed by atoms with Crippen LogP contribution in [-0.2, 0) is 17.8 Å². The smallest absolute Gasteiger partial charge is 0.253 e. The summed E-state index contributed by atoms with van der Waals surface area (Å²) in [5.74, 6) is -4.34. The molecule has 140 valence electrons. The number of hydrogen-bond acceptors (Lipinski definition) is 6. The number of hydrogen-bond donors (Lipinski definition) is 1. The Labute approximate surface area is 152 Å². The molecule has 1 N–H and O–H groups in total. The second kappa shape index (κ2) is 7.67. The third kappa shape index (κ3) is 4.76. The summed E-state index contributed by atoms with van der Waals surface area (Å²) >= 11 is 1.32. The van der Waals surface area contributed by atoms with Gasteiger partial charge in [-0.2, -0.15) is 0 Å². The number of aromatic nitrogens is 3. The van der Waals surface area contributed by atoms with Crippen LogP contribution in [0.25, 0.3) is 0 Å². The van der Waals surface area contributed by atoms with E-state index in [-0.39, 0.29) is 37.7 Å². The van der Waals surface area contributed by atoms with Crippen molar-refractivity contribution in [1.29, 1.82) is 0 Å². The Kier molecular flexibility index (Phi) is 5.52. The van der Waals surface area contributed by atoms with Crippen LogP contribution in [0.5, 0.6) is 0 Å². The average Bonchev–Trinajstić information content (AvgIpc) is 2.99. The highest BCUT2D eigenvalue weighted by Crippen LogP contribution is 2.36. The minimum Gasteiger partial charge on any atom is -0.302 e. The second-order valence-electron chi connectivity index (χ2n) is 6.28. The Hall–Kier alpha value is -2.07. The zero-order valence-electron chi connectivity index (χ0n) is 14.1. The molecule has 0 aliphatic carbocycles. The Balaban J connectivity index is 1.64. The van der Waals surface area contributed by atoms with E-state index in [9.17, 15) is 18.0 Å². The summed E-state index contributed by atoms with van der Waals surface area (Å²) in [6.45, 7) is 2.33. The lowest BCUT2D eigenvalue weighted by Gasteiger charge is -2.38. The molecule has 26 heavy (non-hydrogen) atoms. The number of amides is 1. The van der Waals surface area contributed by atoms with Crippen LogP contribution in [0.15, 0.2) is 18.6 Å². The molecule has 0 saturated carbocycles. The Morgan fingerprint density at radius 1 is 1.35 bits per heavy atom. The molecule has 1 amide bonds. The number of rotatable bonds is 5. The van der Waals surface area contributed by atoms with Gasteiger partial charge in [-0.05, 0) is 0 Å². The van der Waals surface area contributed by atoms with E-state index in [0.29, 0.717) is 11.7 Å². The maximum Gasteiger partial charge on any atom is 0.253 e. The molecule has 1 atom stereocenters. The number of carbonyl (C=O) groups is 1. The van der Waals surface area contributed by atoms with E-state index < -0.39 is 17.7 Å². The number of nitrogens with one attached hydrogen (secondary N) is 1. The molecule has 0 aromatic carbocycles. The maximum atomic E-state index is 14.3. The van der Waals surface area contributed by atoms with E-state index in [1.165, 1.54) is 18.3 Å². The number of piperidine rings is 1. The lowest BCUT2D eigenvalue weighted by atomic mass is 9.90. The van der Waals surface area contributed by atoms with Crippen LogP contribution in [0.1, 0.15) is 24.0 Å². The van der Waals surface area contributed by atoms with Gasteiger partial charge in [0.25, 0.3) is 5.92 Å². The number of carbonyl (C=O) groups excluding carboxylic acids is 1. The summed E-state index contributed by atoms with van der Waals surface area (Å²) in [5, 5.41) is 3.10. The van der Waals surface area contributed by atoms with Crippen molar-refractivity contribution in [2.45, 2.75) is 32.2 Å². The van der Waals surface area contributed by atoms with Crippen LogP contribution in [0.3, 0.4) is 0 Å². The fraction of sp³-hybridized carbons (Fsp3) is 0.500. The molecule has 1 fully saturated rings. The summed E-state index contributed by atoms with van der Waals surface area (Å²) in [6, 6.07) is 0. The Bertz CT molecular complexity index is 768. The first-order valence-electron chi connectivity index (χ1n) is 8.11. The van der Waals surface area contributed by atoms with Crippen LogP contribution in [0.4, 0.5) is 18.3 Å². The van der Waals surface area contributed by atoms with Crippen molar-refractivity contribution in [3.63, 3.8) is 0 Å². The molecule has 3 rings (SSSR count). The van der Waals surface area contributed by atoms with Gasteiger partial charge in [-0.3, -0.25) is 9.69 Å². The van der Waals surface area contributed by atoms with Crippen molar-refractivity contribution >= 4 is 22.4 Å². The molecule has 6 nitrogen and oxygen atoms in total. The lowest BCUT2D eigenvalue weighted by Crippen LogP contribution is -2.47. The van der Waals surface area contributed by atoms with E-state index >= 15 is 0 Å². The quantitative estimate of drug-likeness (QED) is 0.857. The first-order chi connectivity index (χ1) is 12.3. The van der Waals surface area contributed by atoms with Gasteiger partial charge in [0.2, 0.25) is 5.91 Å². The molecule has 1 saturated heterocycles. The van der Waals surface area contributed by atoms with Gasteiger partial charge in [0.15, 0.2) is 10.9 Å². The van der Waals surface area contributed by atoms with E-state index in [1.54, 1.807) is 6.20 Å². The SMILES string of the molecule is CC(=O)Nc1ncc(CN2CCC(F)(F)C(Cc3ncc(F)cn3)C2)s1. The molecule has 2 aromatic heterocycles. The van der Waals surface area contributed by atoms with Gasteiger partial charge in [-0.15, -0.1) is 11.3 Å². The van der Waals surface area contributed by atoms with Gasteiger partial charge in [-0.1, -0.05) is 0 Å². The van der Waals surface area contributed by atoms with Crippen LogP contribution >= 0.6 is 11.3 Å². The number of anilines is 1. The first kappa shape index (κ1) is 18.7. The van der Waals surface area contributed by atoms with Crippen LogP contribution in [0, 0.1) is 11.7 Å². The molecule has 0 bridgehead atoms. The first-order valence-corrected chi connectivity index (χ1v) is 8.92. The highest BCUT2D eigenvalue weighted by molar-refractivity contribution is 7.15. The van der Waals surface area contributed by atoms with Crippen molar-refractivity contribution < 1.29 is 18.0 Å². The van der Waals surface area contributed by atoms with Crippen molar-refractivity contribution in [2.75, 3.05) is 18.4 Å². The molecule has 1 unspecified atom stereocenters. The van der Waals surface area contributed by atoms with E-state index in [1.807, 2.05) is 4.90 Å². The fourth-order valence-electron chi connectivity index (χ4n) is 2.88. The standard InChI is InChI=1S/C16H18F3N5OS/c1-10(25)23-15-22-7-13(26-15)9-24-3-2-16(18,19)11(8-24)4-14-20-5-12(17)6-21-14/h5-7,11H,2-4,8-9H2,1H3,(H,22,23,25). The van der Waals surface area contributed by atoms with Crippen molar-refractivity contribution in [3.8, 4) is 0 Å². The number of halogens is 3. The second-order valence-corrected chi connectivity index (χ2v) is 7.39. The van der Waals surface area contributed by atoms with Crippen molar-refractivity contribution in [2.24, 2.45) is 5.92 Å². The molecule has 2 aromatic rings. The average molecular weight is 385 g/mol. The molecule has 10 heteroatoms. The predicted octanol–water partition coefficient (Wildman–Crippen LogP) is 2.73. The Morgan fingerprint density at radius 2 is 2.08 bits per heavy atom. The largest absolute Gasteiger partial charge is 0.302 e. The highest BCUT2D eigenvalue weighted by atomic mass is 32.1. The normalized spacial score (nSPS) is 20.1. The molecular formula is C16H18F3N5OS. The minimum absolute atomic E-state index is 0.0103. The zero-order chi connectivity index (χ0) is 18.7. The molecule has 0 radical (unpaired) electrons. The number of likely N-dealkylation sites (tertiary alicyclic amines) is 1. The monoisotopic (exact) mass is 385 g/mol. The minimum atomic E-state index is -2.82. The molecule has 0 spiro atoms. The van der Waals surface area contributed by atoms with E-state index in [2.05, 4.69) is 20.3 Å². The van der Waals surface area contributed by atoms with Crippen molar-refractivity contribution in [1.82, 2.24) is 19.9 Å². The van der Waals surface area contributed by atoms with E-state index in [0.717, 1.165) is 17.3 Å². The summed E-state index contributed by atoms with van der Waals surface area (Å²) in [7, 11) is 0. The predicted molar refractivity (Wildman–Crippen MR) is 90.4 cm³/mol. The van der Waals surface area contributed by atoms with Crippen LogP contribution in [0.2, 0.25) is 0 Å². The molecule has 1 aliphatic heterocycles. The Morgan fingerprint density at radius 3 is 2.77 bits per heavy atom. The topological polar surface area (TPSA) is 71.0 Å². The number of thiazole rings is 1. The third-order valence-corrected chi connectivity index (χ3v) is 5.05. The molecule has 1 aliphatic rings. The van der Waals surface area contributed by atoms with Gasteiger partial charge in [0.05, 0.1) is 12.4 Å². The molecular weight excluding hydrogens is 367 g/mol. The molecule has 3 heterocycles. The zero-order valence-corrected chi connectivity index (χ0v) is 14.9. The fourth-order valence-corrected chi connectivity index (χ4v) is 3.78. The lowest BCUT2D eigenvalue weighted by molar-refractivity contribution is -0.114.